The highest BCUT2D eigenvalue weighted by Gasteiger charge is 2.18. The van der Waals surface area contributed by atoms with Gasteiger partial charge in [0, 0.05) is 19.2 Å². The van der Waals surface area contributed by atoms with Gasteiger partial charge in [0.05, 0.1) is 11.4 Å². The number of carbonyl (C=O) groups is 1. The molecule has 1 aliphatic heterocycles. The minimum Gasteiger partial charge on any atom is -0.508 e. The third kappa shape index (κ3) is 1.96. The lowest BCUT2D eigenvalue weighted by Gasteiger charge is -2.30. The normalized spacial score (nSPS) is 14.3. The van der Waals surface area contributed by atoms with E-state index in [2.05, 4.69) is 5.32 Å². The van der Waals surface area contributed by atoms with Gasteiger partial charge in [-0.15, -0.1) is 0 Å². The van der Waals surface area contributed by atoms with Crippen molar-refractivity contribution in [3.05, 3.63) is 18.2 Å². The highest BCUT2D eigenvalue weighted by molar-refractivity contribution is 5.80. The SMILES string of the molecule is O=C(O)CN1CCNc2ccc(O)cc21. The van der Waals surface area contributed by atoms with Gasteiger partial charge in [-0.2, -0.15) is 0 Å². The van der Waals surface area contributed by atoms with E-state index in [1.54, 1.807) is 23.1 Å². The summed E-state index contributed by atoms with van der Waals surface area (Å²) in [7, 11) is 0. The Kier molecular flexibility index (Phi) is 2.37. The van der Waals surface area contributed by atoms with Crippen LogP contribution in [0.5, 0.6) is 5.75 Å². The first-order chi connectivity index (χ1) is 7.16. The van der Waals surface area contributed by atoms with Gasteiger partial charge in [-0.3, -0.25) is 4.79 Å². The van der Waals surface area contributed by atoms with Crippen LogP contribution in [-0.4, -0.2) is 35.8 Å². The van der Waals surface area contributed by atoms with Crippen LogP contribution in [0.1, 0.15) is 0 Å². The molecule has 0 unspecified atom stereocenters. The van der Waals surface area contributed by atoms with Crippen molar-refractivity contribution < 1.29 is 15.0 Å². The van der Waals surface area contributed by atoms with Crippen LogP contribution in [-0.2, 0) is 4.79 Å². The molecule has 0 saturated carbocycles. The summed E-state index contributed by atoms with van der Waals surface area (Å²) in [5.74, 6) is -0.723. The summed E-state index contributed by atoms with van der Waals surface area (Å²) in [6.07, 6.45) is 0. The Morgan fingerprint density at radius 2 is 2.33 bits per heavy atom. The molecule has 0 bridgehead atoms. The van der Waals surface area contributed by atoms with E-state index in [-0.39, 0.29) is 12.3 Å². The minimum absolute atomic E-state index is 0.0435. The van der Waals surface area contributed by atoms with Crippen molar-refractivity contribution in [1.82, 2.24) is 0 Å². The third-order valence-electron chi connectivity index (χ3n) is 2.35. The van der Waals surface area contributed by atoms with E-state index < -0.39 is 5.97 Å². The highest BCUT2D eigenvalue weighted by Crippen LogP contribution is 2.31. The predicted molar refractivity (Wildman–Crippen MR) is 56.4 cm³/mol. The number of nitrogens with one attached hydrogen (secondary N) is 1. The van der Waals surface area contributed by atoms with Crippen molar-refractivity contribution in [2.24, 2.45) is 0 Å². The van der Waals surface area contributed by atoms with Crippen molar-refractivity contribution in [3.63, 3.8) is 0 Å². The summed E-state index contributed by atoms with van der Waals surface area (Å²) in [4.78, 5) is 12.4. The molecule has 0 amide bonds. The summed E-state index contributed by atoms with van der Waals surface area (Å²) >= 11 is 0. The molecule has 5 heteroatoms. The average molecular weight is 208 g/mol. The second kappa shape index (κ2) is 3.68. The molecule has 1 aliphatic rings. The van der Waals surface area contributed by atoms with E-state index in [0.717, 1.165) is 11.4 Å². The molecule has 15 heavy (non-hydrogen) atoms. The maximum Gasteiger partial charge on any atom is 0.323 e. The van der Waals surface area contributed by atoms with Crippen molar-refractivity contribution in [1.29, 1.82) is 0 Å². The van der Waals surface area contributed by atoms with Crippen molar-refractivity contribution in [2.75, 3.05) is 29.9 Å². The first-order valence-electron chi connectivity index (χ1n) is 4.70. The number of phenols is 1. The van der Waals surface area contributed by atoms with Crippen molar-refractivity contribution >= 4 is 17.3 Å². The number of phenolic OH excluding ortho intramolecular Hbond substituents is 1. The van der Waals surface area contributed by atoms with Gasteiger partial charge in [0.25, 0.3) is 0 Å². The summed E-state index contributed by atoms with van der Waals surface area (Å²) < 4.78 is 0. The third-order valence-corrected chi connectivity index (χ3v) is 2.35. The minimum atomic E-state index is -0.869. The van der Waals surface area contributed by atoms with E-state index in [9.17, 15) is 9.90 Å². The standard InChI is InChI=1S/C10H12N2O3/c13-7-1-2-8-9(5-7)12(4-3-11-8)6-10(14)15/h1-2,5,11,13H,3-4,6H2,(H,14,15). The quantitative estimate of drug-likeness (QED) is 0.624. The van der Waals surface area contributed by atoms with Gasteiger partial charge in [0.15, 0.2) is 0 Å². The largest absolute Gasteiger partial charge is 0.508 e. The van der Waals surface area contributed by atoms with E-state index >= 15 is 0 Å². The Labute approximate surface area is 86.9 Å². The monoisotopic (exact) mass is 208 g/mol. The Hall–Kier alpha value is -1.91. The summed E-state index contributed by atoms with van der Waals surface area (Å²) in [6, 6.07) is 4.90. The first kappa shape index (κ1) is 9.64. The van der Waals surface area contributed by atoms with Crippen molar-refractivity contribution in [2.45, 2.75) is 0 Å². The molecular weight excluding hydrogens is 196 g/mol. The fourth-order valence-electron chi connectivity index (χ4n) is 1.70. The van der Waals surface area contributed by atoms with E-state index in [1.807, 2.05) is 0 Å². The fraction of sp³-hybridized carbons (Fsp3) is 0.300. The molecule has 0 spiro atoms. The summed E-state index contributed by atoms with van der Waals surface area (Å²) in [6.45, 7) is 1.30. The van der Waals surface area contributed by atoms with E-state index in [1.165, 1.54) is 0 Å². The van der Waals surface area contributed by atoms with Crippen LogP contribution in [0.2, 0.25) is 0 Å². The molecule has 0 aliphatic carbocycles. The van der Waals surface area contributed by atoms with Gasteiger partial charge < -0.3 is 20.4 Å². The number of fused-ring (bicyclic) bond motifs is 1. The maximum absolute atomic E-state index is 10.6. The molecule has 1 heterocycles. The smallest absolute Gasteiger partial charge is 0.323 e. The van der Waals surface area contributed by atoms with E-state index in [4.69, 9.17) is 5.11 Å². The van der Waals surface area contributed by atoms with Gasteiger partial charge in [-0.05, 0) is 12.1 Å². The Bertz CT molecular complexity index is 392. The molecule has 0 aromatic heterocycles. The number of hydrogen-bond acceptors (Lipinski definition) is 4. The highest BCUT2D eigenvalue weighted by atomic mass is 16.4. The first-order valence-corrected chi connectivity index (χ1v) is 4.70. The molecule has 0 fully saturated rings. The van der Waals surface area contributed by atoms with Crippen LogP contribution >= 0.6 is 0 Å². The van der Waals surface area contributed by atoms with Crippen LogP contribution < -0.4 is 10.2 Å². The van der Waals surface area contributed by atoms with Gasteiger partial charge in [0.1, 0.15) is 12.3 Å². The Morgan fingerprint density at radius 1 is 1.53 bits per heavy atom. The number of carboxylic acids is 1. The lowest BCUT2D eigenvalue weighted by molar-refractivity contribution is -0.135. The number of carboxylic acid groups (broad SMARTS) is 1. The zero-order valence-electron chi connectivity index (χ0n) is 8.10. The van der Waals surface area contributed by atoms with E-state index in [0.29, 0.717) is 13.1 Å². The van der Waals surface area contributed by atoms with Crippen LogP contribution in [0.15, 0.2) is 18.2 Å². The molecule has 0 atom stereocenters. The second-order valence-electron chi connectivity index (χ2n) is 3.44. The number of aromatic hydroxyl groups is 1. The number of nitrogens with zero attached hydrogens (tertiary/aromatic N) is 1. The molecule has 80 valence electrons. The number of anilines is 2. The van der Waals surface area contributed by atoms with Gasteiger partial charge in [0.2, 0.25) is 0 Å². The van der Waals surface area contributed by atoms with Crippen LogP contribution in [0.3, 0.4) is 0 Å². The Morgan fingerprint density at radius 3 is 3.07 bits per heavy atom. The lowest BCUT2D eigenvalue weighted by Crippen LogP contribution is -2.37. The molecule has 1 aromatic carbocycles. The Balaban J connectivity index is 2.32. The zero-order chi connectivity index (χ0) is 10.8. The molecule has 0 radical (unpaired) electrons. The van der Waals surface area contributed by atoms with Crippen LogP contribution in [0.25, 0.3) is 0 Å². The molecule has 2 rings (SSSR count). The fourth-order valence-corrected chi connectivity index (χ4v) is 1.70. The number of aliphatic carboxylic acids is 1. The molecule has 3 N–H and O–H groups in total. The average Bonchev–Trinajstić information content (AvgIpc) is 2.18. The number of rotatable bonds is 2. The number of benzene rings is 1. The second-order valence-corrected chi connectivity index (χ2v) is 3.44. The topological polar surface area (TPSA) is 72.8 Å². The predicted octanol–water partition coefficient (Wildman–Crippen LogP) is 0.709. The van der Waals surface area contributed by atoms with Crippen LogP contribution in [0, 0.1) is 0 Å². The van der Waals surface area contributed by atoms with Crippen molar-refractivity contribution in [3.8, 4) is 5.75 Å². The molecular formula is C10H12N2O3. The maximum atomic E-state index is 10.6. The van der Waals surface area contributed by atoms with Crippen LogP contribution in [0.4, 0.5) is 11.4 Å². The number of hydrogen-bond donors (Lipinski definition) is 3. The molecule has 0 saturated heterocycles. The molecule has 5 nitrogen and oxygen atoms in total. The van der Waals surface area contributed by atoms with Gasteiger partial charge >= 0.3 is 5.97 Å². The lowest BCUT2D eigenvalue weighted by atomic mass is 10.2. The summed E-state index contributed by atoms with van der Waals surface area (Å²) in [5, 5.41) is 21.2. The molecule has 1 aromatic rings. The summed E-state index contributed by atoms with van der Waals surface area (Å²) in [5.41, 5.74) is 1.60. The van der Waals surface area contributed by atoms with Gasteiger partial charge in [-0.1, -0.05) is 0 Å². The zero-order valence-corrected chi connectivity index (χ0v) is 8.10. The van der Waals surface area contributed by atoms with Gasteiger partial charge in [-0.25, -0.2) is 0 Å².